The lowest BCUT2D eigenvalue weighted by atomic mass is 10.0. The summed E-state index contributed by atoms with van der Waals surface area (Å²) in [5.41, 5.74) is 3.94. The second kappa shape index (κ2) is 6.67. The highest BCUT2D eigenvalue weighted by molar-refractivity contribution is 7.97. The fraction of sp³-hybridized carbons (Fsp3) is 0.238. The second-order valence-corrected chi connectivity index (χ2v) is 7.26. The summed E-state index contributed by atoms with van der Waals surface area (Å²) in [6, 6.07) is 19.2. The Morgan fingerprint density at radius 3 is 2.61 bits per heavy atom. The van der Waals surface area contributed by atoms with Crippen molar-refractivity contribution in [2.45, 2.75) is 24.7 Å². The summed E-state index contributed by atoms with van der Waals surface area (Å²) in [5.74, 6) is 0.558. The number of rotatable bonds is 7. The quantitative estimate of drug-likeness (QED) is 0.526. The number of hydrogen-bond acceptors (Lipinski definition) is 2. The van der Waals surface area contributed by atoms with Gasteiger partial charge in [-0.3, -0.25) is 0 Å². The van der Waals surface area contributed by atoms with Crippen LogP contribution in [-0.2, 0) is 6.42 Å². The molecule has 23 heavy (non-hydrogen) atoms. The number of hydrogen-bond donors (Lipinski definition) is 1. The molecule has 0 aliphatic heterocycles. The summed E-state index contributed by atoms with van der Waals surface area (Å²) >= 11 is 1.67. The molecule has 1 N–H and O–H groups in total. The molecule has 1 saturated carbocycles. The molecule has 2 unspecified atom stereocenters. The highest BCUT2D eigenvalue weighted by Crippen LogP contribution is 2.57. The summed E-state index contributed by atoms with van der Waals surface area (Å²) in [4.78, 5) is 1.26. The van der Waals surface area contributed by atoms with E-state index in [2.05, 4.69) is 79.4 Å². The molecule has 0 heterocycles. The van der Waals surface area contributed by atoms with E-state index < -0.39 is 0 Å². The molecule has 2 aromatic rings. The Labute approximate surface area is 143 Å². The summed E-state index contributed by atoms with van der Waals surface area (Å²) in [6.45, 7) is 10.4. The Balaban J connectivity index is 1.67. The van der Waals surface area contributed by atoms with Crippen molar-refractivity contribution in [1.29, 1.82) is 0 Å². The molecule has 3 rings (SSSR count). The van der Waals surface area contributed by atoms with Crippen LogP contribution >= 0.6 is 11.9 Å². The SMILES string of the molecule is C=CC1CC1(C)C(=C)NSc1ccccc1Cc1ccccc1. The van der Waals surface area contributed by atoms with E-state index in [0.717, 1.165) is 18.5 Å². The molecule has 0 radical (unpaired) electrons. The Morgan fingerprint density at radius 2 is 1.91 bits per heavy atom. The van der Waals surface area contributed by atoms with Crippen molar-refractivity contribution in [2.75, 3.05) is 0 Å². The monoisotopic (exact) mass is 321 g/mol. The average Bonchev–Trinajstić information content (AvgIpc) is 3.27. The molecule has 1 fully saturated rings. The third-order valence-corrected chi connectivity index (χ3v) is 5.74. The molecule has 2 heteroatoms. The van der Waals surface area contributed by atoms with Crippen molar-refractivity contribution in [2.24, 2.45) is 11.3 Å². The van der Waals surface area contributed by atoms with Crippen LogP contribution in [0.25, 0.3) is 0 Å². The maximum Gasteiger partial charge on any atom is 0.0320 e. The van der Waals surface area contributed by atoms with Crippen molar-refractivity contribution in [3.05, 3.63) is 90.7 Å². The molecule has 2 atom stereocenters. The Bertz CT molecular complexity index is 707. The smallest absolute Gasteiger partial charge is 0.0320 e. The van der Waals surface area contributed by atoms with E-state index in [1.165, 1.54) is 16.0 Å². The molecule has 0 amide bonds. The van der Waals surface area contributed by atoms with Crippen LogP contribution in [0.15, 0.2) is 84.4 Å². The first kappa shape index (κ1) is 15.9. The summed E-state index contributed by atoms with van der Waals surface area (Å²) < 4.78 is 3.47. The van der Waals surface area contributed by atoms with Crippen LogP contribution in [0, 0.1) is 11.3 Å². The zero-order valence-electron chi connectivity index (χ0n) is 13.6. The van der Waals surface area contributed by atoms with Crippen molar-refractivity contribution in [3.8, 4) is 0 Å². The van der Waals surface area contributed by atoms with Crippen LogP contribution in [0.3, 0.4) is 0 Å². The van der Waals surface area contributed by atoms with E-state index in [-0.39, 0.29) is 5.41 Å². The van der Waals surface area contributed by atoms with Crippen molar-refractivity contribution in [3.63, 3.8) is 0 Å². The molecule has 2 aromatic carbocycles. The van der Waals surface area contributed by atoms with Crippen LogP contribution in [-0.4, -0.2) is 0 Å². The maximum atomic E-state index is 4.24. The van der Waals surface area contributed by atoms with Gasteiger partial charge < -0.3 is 4.72 Å². The summed E-state index contributed by atoms with van der Waals surface area (Å²) in [7, 11) is 0. The molecule has 0 aromatic heterocycles. The lowest BCUT2D eigenvalue weighted by Gasteiger charge is -2.17. The zero-order chi connectivity index (χ0) is 16.3. The minimum Gasteiger partial charge on any atom is -0.329 e. The van der Waals surface area contributed by atoms with Crippen LogP contribution in [0.5, 0.6) is 0 Å². The molecule has 0 saturated heterocycles. The Morgan fingerprint density at radius 1 is 1.22 bits per heavy atom. The number of benzene rings is 2. The predicted molar refractivity (Wildman–Crippen MR) is 100 cm³/mol. The van der Waals surface area contributed by atoms with Gasteiger partial charge in [-0.25, -0.2) is 0 Å². The minimum absolute atomic E-state index is 0.170. The standard InChI is InChI=1S/C21H23NS/c1-4-19-15-21(19,3)16(2)22-23-20-13-9-8-12-18(20)14-17-10-6-5-7-11-17/h4-13,19,22H,1-2,14-15H2,3H3. The lowest BCUT2D eigenvalue weighted by Crippen LogP contribution is -2.13. The van der Waals surface area contributed by atoms with E-state index in [0.29, 0.717) is 5.92 Å². The van der Waals surface area contributed by atoms with Crippen molar-refractivity contribution < 1.29 is 0 Å². The average molecular weight is 321 g/mol. The Kier molecular flexibility index (Phi) is 4.63. The van der Waals surface area contributed by atoms with Gasteiger partial charge in [0, 0.05) is 16.0 Å². The molecule has 0 spiro atoms. The maximum absolute atomic E-state index is 4.24. The van der Waals surface area contributed by atoms with Gasteiger partial charge in [-0.1, -0.05) is 68.1 Å². The van der Waals surface area contributed by atoms with Gasteiger partial charge >= 0.3 is 0 Å². The zero-order valence-corrected chi connectivity index (χ0v) is 14.4. The Hall–Kier alpha value is -1.93. The molecule has 1 aliphatic carbocycles. The van der Waals surface area contributed by atoms with Gasteiger partial charge in [0.15, 0.2) is 0 Å². The third-order valence-electron chi connectivity index (χ3n) is 4.77. The van der Waals surface area contributed by atoms with Crippen LogP contribution < -0.4 is 4.72 Å². The van der Waals surface area contributed by atoms with Gasteiger partial charge in [0.05, 0.1) is 0 Å². The normalized spacial score (nSPS) is 22.4. The van der Waals surface area contributed by atoms with Crippen LogP contribution in [0.2, 0.25) is 0 Å². The van der Waals surface area contributed by atoms with Crippen LogP contribution in [0.1, 0.15) is 24.5 Å². The largest absolute Gasteiger partial charge is 0.329 e. The first-order chi connectivity index (χ1) is 11.1. The van der Waals surface area contributed by atoms with Crippen molar-refractivity contribution in [1.82, 2.24) is 4.72 Å². The van der Waals surface area contributed by atoms with Gasteiger partial charge in [-0.15, -0.1) is 6.58 Å². The van der Waals surface area contributed by atoms with Gasteiger partial charge in [0.1, 0.15) is 0 Å². The number of allylic oxidation sites excluding steroid dienone is 2. The topological polar surface area (TPSA) is 12.0 Å². The fourth-order valence-electron chi connectivity index (χ4n) is 2.89. The second-order valence-electron chi connectivity index (χ2n) is 6.42. The minimum atomic E-state index is 0.170. The fourth-order valence-corrected chi connectivity index (χ4v) is 3.77. The first-order valence-electron chi connectivity index (χ1n) is 8.00. The summed E-state index contributed by atoms with van der Waals surface area (Å²) in [5, 5.41) is 0. The highest BCUT2D eigenvalue weighted by atomic mass is 32.2. The van der Waals surface area contributed by atoms with E-state index in [1.807, 2.05) is 6.08 Å². The third kappa shape index (κ3) is 3.53. The number of nitrogens with one attached hydrogen (secondary N) is 1. The van der Waals surface area contributed by atoms with Gasteiger partial charge in [-0.05, 0) is 47.9 Å². The van der Waals surface area contributed by atoms with E-state index in [1.54, 1.807) is 11.9 Å². The van der Waals surface area contributed by atoms with E-state index in [4.69, 9.17) is 0 Å². The highest BCUT2D eigenvalue weighted by Gasteiger charge is 2.50. The molecular formula is C21H23NS. The lowest BCUT2D eigenvalue weighted by molar-refractivity contribution is 0.626. The first-order valence-corrected chi connectivity index (χ1v) is 8.82. The molecule has 0 bridgehead atoms. The molecular weight excluding hydrogens is 298 g/mol. The predicted octanol–water partition coefficient (Wildman–Crippen LogP) is 5.60. The molecule has 118 valence electrons. The van der Waals surface area contributed by atoms with Crippen LogP contribution in [0.4, 0.5) is 0 Å². The van der Waals surface area contributed by atoms with Gasteiger partial charge in [0.2, 0.25) is 0 Å². The summed E-state index contributed by atoms with van der Waals surface area (Å²) in [6.07, 6.45) is 4.14. The van der Waals surface area contributed by atoms with Gasteiger partial charge in [0.25, 0.3) is 0 Å². The van der Waals surface area contributed by atoms with E-state index in [9.17, 15) is 0 Å². The van der Waals surface area contributed by atoms with Crippen molar-refractivity contribution >= 4 is 11.9 Å². The molecule has 1 nitrogen and oxygen atoms in total. The van der Waals surface area contributed by atoms with Gasteiger partial charge in [-0.2, -0.15) is 0 Å². The molecule has 1 aliphatic rings. The van der Waals surface area contributed by atoms with E-state index >= 15 is 0 Å².